The van der Waals surface area contributed by atoms with Gasteiger partial charge in [-0.3, -0.25) is 9.36 Å². The maximum atomic E-state index is 13.0. The lowest BCUT2D eigenvalue weighted by Crippen LogP contribution is -2.36. The van der Waals surface area contributed by atoms with E-state index in [9.17, 15) is 22.0 Å². The fourth-order valence-corrected chi connectivity index (χ4v) is 5.14. The van der Waals surface area contributed by atoms with Crippen molar-refractivity contribution in [3.63, 3.8) is 0 Å². The molecule has 1 aromatic heterocycles. The molecule has 0 atom stereocenters. The van der Waals surface area contributed by atoms with Gasteiger partial charge >= 0.3 is 6.55 Å². The summed E-state index contributed by atoms with van der Waals surface area (Å²) in [5.41, 5.74) is 0.787. The highest BCUT2D eigenvalue weighted by Gasteiger charge is 2.28. The number of nitrogens with zero attached hydrogens (tertiary/aromatic N) is 3. The summed E-state index contributed by atoms with van der Waals surface area (Å²) in [6, 6.07) is 4.55. The van der Waals surface area contributed by atoms with Gasteiger partial charge in [0, 0.05) is 44.0 Å². The number of aromatic nitrogens is 2. The van der Waals surface area contributed by atoms with Gasteiger partial charge in [0.15, 0.2) is 0 Å². The number of hydrogen-bond acceptors (Lipinski definition) is 4. The number of aryl methyl sites for hydroxylation is 1. The van der Waals surface area contributed by atoms with Crippen LogP contribution in [0.3, 0.4) is 0 Å². The molecule has 1 aliphatic rings. The van der Waals surface area contributed by atoms with Crippen LogP contribution < -0.4 is 5.32 Å². The predicted molar refractivity (Wildman–Crippen MR) is 103 cm³/mol. The van der Waals surface area contributed by atoms with Crippen molar-refractivity contribution in [2.45, 2.75) is 44.1 Å². The maximum Gasteiger partial charge on any atom is 0.319 e. The van der Waals surface area contributed by atoms with E-state index in [-0.39, 0.29) is 29.2 Å². The minimum Gasteiger partial charge on any atom is -0.352 e. The summed E-state index contributed by atoms with van der Waals surface area (Å²) >= 11 is 0. The summed E-state index contributed by atoms with van der Waals surface area (Å²) in [7, 11) is -3.66. The number of piperidine rings is 1. The van der Waals surface area contributed by atoms with Crippen LogP contribution in [0, 0.1) is 6.92 Å². The highest BCUT2D eigenvalue weighted by atomic mass is 32.2. The van der Waals surface area contributed by atoms with Crippen molar-refractivity contribution in [1.82, 2.24) is 19.2 Å². The fourth-order valence-electron chi connectivity index (χ4n) is 3.37. The minimum atomic E-state index is -3.66. The van der Waals surface area contributed by atoms with Crippen molar-refractivity contribution in [1.29, 1.82) is 0 Å². The monoisotopic (exact) mass is 426 g/mol. The Labute approximate surface area is 168 Å². The third-order valence-corrected chi connectivity index (χ3v) is 7.02. The molecule has 2 heterocycles. The standard InChI is InChI=1S/C19H24F2N4O3S/c1-14-5-6-15(13-16(14)29(27,28)24-10-3-2-4-11-24)18(26)23-8-7-17-22-9-12-25(17)19(20)21/h5-6,9,12-13,19H,2-4,7-8,10-11H2,1H3,(H,23,26). The number of sulfonamides is 1. The van der Waals surface area contributed by atoms with Gasteiger partial charge in [-0.25, -0.2) is 13.4 Å². The summed E-state index contributed by atoms with van der Waals surface area (Å²) in [6.45, 7) is 0.0694. The predicted octanol–water partition coefficient (Wildman–Crippen LogP) is 2.73. The molecule has 29 heavy (non-hydrogen) atoms. The maximum absolute atomic E-state index is 13.0. The number of carbonyl (C=O) groups excluding carboxylic acids is 1. The minimum absolute atomic E-state index is 0.102. The number of carbonyl (C=O) groups is 1. The molecular weight excluding hydrogens is 402 g/mol. The molecule has 1 N–H and O–H groups in total. The lowest BCUT2D eigenvalue weighted by atomic mass is 10.1. The van der Waals surface area contributed by atoms with Gasteiger partial charge in [0.25, 0.3) is 5.91 Å². The Bertz CT molecular complexity index is 970. The van der Waals surface area contributed by atoms with Crippen LogP contribution in [0.1, 0.15) is 47.6 Å². The second-order valence-corrected chi connectivity index (χ2v) is 8.89. The van der Waals surface area contributed by atoms with E-state index in [4.69, 9.17) is 0 Å². The van der Waals surface area contributed by atoms with Crippen LogP contribution in [0.15, 0.2) is 35.5 Å². The van der Waals surface area contributed by atoms with E-state index in [0.29, 0.717) is 18.7 Å². The summed E-state index contributed by atoms with van der Waals surface area (Å²) in [5.74, 6) is -0.298. The van der Waals surface area contributed by atoms with Crippen molar-refractivity contribution >= 4 is 15.9 Å². The molecule has 2 aromatic rings. The van der Waals surface area contributed by atoms with Crippen LogP contribution in [0.2, 0.25) is 0 Å². The highest BCUT2D eigenvalue weighted by molar-refractivity contribution is 7.89. The molecule has 0 bridgehead atoms. The molecule has 10 heteroatoms. The Kier molecular flexibility index (Phi) is 6.63. The summed E-state index contributed by atoms with van der Waals surface area (Å²) in [4.78, 5) is 16.5. The molecule has 1 fully saturated rings. The summed E-state index contributed by atoms with van der Waals surface area (Å²) < 4.78 is 53.8. The van der Waals surface area contributed by atoms with Gasteiger partial charge in [-0.1, -0.05) is 12.5 Å². The average Bonchev–Trinajstić information content (AvgIpc) is 3.17. The quantitative estimate of drug-likeness (QED) is 0.738. The largest absolute Gasteiger partial charge is 0.352 e. The molecule has 0 saturated carbocycles. The fraction of sp³-hybridized carbons (Fsp3) is 0.474. The average molecular weight is 426 g/mol. The van der Waals surface area contributed by atoms with E-state index in [2.05, 4.69) is 10.3 Å². The Morgan fingerprint density at radius 1 is 1.24 bits per heavy atom. The van der Waals surface area contributed by atoms with E-state index < -0.39 is 22.5 Å². The van der Waals surface area contributed by atoms with Gasteiger partial charge in [-0.05, 0) is 37.5 Å². The molecule has 3 rings (SSSR count). The number of alkyl halides is 2. The smallest absolute Gasteiger partial charge is 0.319 e. The van der Waals surface area contributed by atoms with Gasteiger partial charge in [-0.2, -0.15) is 13.1 Å². The zero-order valence-electron chi connectivity index (χ0n) is 16.1. The van der Waals surface area contributed by atoms with E-state index in [1.165, 1.54) is 22.8 Å². The number of nitrogens with one attached hydrogen (secondary N) is 1. The Morgan fingerprint density at radius 2 is 1.97 bits per heavy atom. The SMILES string of the molecule is Cc1ccc(C(=O)NCCc2nccn2C(F)F)cc1S(=O)(=O)N1CCCCC1. The third kappa shape index (κ3) is 4.81. The first kappa shape index (κ1) is 21.4. The van der Waals surface area contributed by atoms with Crippen LogP contribution >= 0.6 is 0 Å². The second kappa shape index (κ2) is 9.00. The molecule has 158 valence electrons. The first-order valence-electron chi connectivity index (χ1n) is 9.49. The Morgan fingerprint density at radius 3 is 2.66 bits per heavy atom. The van der Waals surface area contributed by atoms with Gasteiger partial charge in [0.05, 0.1) is 4.90 Å². The molecule has 0 radical (unpaired) electrons. The zero-order chi connectivity index (χ0) is 21.0. The molecule has 0 unspecified atom stereocenters. The van der Waals surface area contributed by atoms with Crippen molar-refractivity contribution in [2.75, 3.05) is 19.6 Å². The molecule has 1 saturated heterocycles. The van der Waals surface area contributed by atoms with Crippen molar-refractivity contribution in [2.24, 2.45) is 0 Å². The van der Waals surface area contributed by atoms with Crippen LogP contribution in [0.4, 0.5) is 8.78 Å². The van der Waals surface area contributed by atoms with E-state index in [1.807, 2.05) is 0 Å². The van der Waals surface area contributed by atoms with Crippen LogP contribution in [0.5, 0.6) is 0 Å². The number of benzene rings is 1. The molecule has 1 amide bonds. The lowest BCUT2D eigenvalue weighted by molar-refractivity contribution is 0.0670. The molecule has 0 aliphatic carbocycles. The van der Waals surface area contributed by atoms with Crippen LogP contribution in [0.25, 0.3) is 0 Å². The molecule has 0 spiro atoms. The molecule has 7 nitrogen and oxygen atoms in total. The number of imidazole rings is 1. The topological polar surface area (TPSA) is 84.3 Å². The van der Waals surface area contributed by atoms with E-state index >= 15 is 0 Å². The molecule has 1 aromatic carbocycles. The third-order valence-electron chi connectivity index (χ3n) is 4.98. The van der Waals surface area contributed by atoms with Gasteiger partial charge in [0.2, 0.25) is 10.0 Å². The first-order chi connectivity index (χ1) is 13.8. The lowest BCUT2D eigenvalue weighted by Gasteiger charge is -2.26. The van der Waals surface area contributed by atoms with Crippen molar-refractivity contribution in [3.8, 4) is 0 Å². The van der Waals surface area contributed by atoms with E-state index in [1.54, 1.807) is 19.1 Å². The number of rotatable bonds is 7. The first-order valence-corrected chi connectivity index (χ1v) is 10.9. The number of halogens is 2. The Hall–Kier alpha value is -2.33. The number of amides is 1. The van der Waals surface area contributed by atoms with Crippen LogP contribution in [-0.2, 0) is 16.4 Å². The van der Waals surface area contributed by atoms with Gasteiger partial charge < -0.3 is 5.32 Å². The van der Waals surface area contributed by atoms with Crippen molar-refractivity contribution in [3.05, 3.63) is 47.5 Å². The van der Waals surface area contributed by atoms with E-state index in [0.717, 1.165) is 23.8 Å². The molecular formula is C19H24F2N4O3S. The summed E-state index contributed by atoms with van der Waals surface area (Å²) in [5, 5.41) is 2.64. The highest BCUT2D eigenvalue weighted by Crippen LogP contribution is 2.24. The van der Waals surface area contributed by atoms with Gasteiger partial charge in [0.1, 0.15) is 5.82 Å². The normalized spacial score (nSPS) is 15.6. The summed E-state index contributed by atoms with van der Waals surface area (Å²) in [6.07, 6.45) is 5.26. The molecule has 1 aliphatic heterocycles. The van der Waals surface area contributed by atoms with Gasteiger partial charge in [-0.15, -0.1) is 0 Å². The van der Waals surface area contributed by atoms with Crippen LogP contribution in [-0.4, -0.2) is 47.8 Å². The Balaban J connectivity index is 1.70. The zero-order valence-corrected chi connectivity index (χ0v) is 17.0. The van der Waals surface area contributed by atoms with Crippen molar-refractivity contribution < 1.29 is 22.0 Å². The second-order valence-electron chi connectivity index (χ2n) is 6.98. The number of hydrogen-bond donors (Lipinski definition) is 1.